The van der Waals surface area contributed by atoms with Crippen LogP contribution in [0, 0.1) is 0 Å². The first-order valence-corrected chi connectivity index (χ1v) is 4.95. The minimum absolute atomic E-state index is 0.0678. The molecule has 0 aliphatic carbocycles. The van der Waals surface area contributed by atoms with Gasteiger partial charge in [0.1, 0.15) is 12.0 Å². The van der Waals surface area contributed by atoms with Gasteiger partial charge >= 0.3 is 0 Å². The molecule has 0 aliphatic rings. The minimum Gasteiger partial charge on any atom is -0.409 e. The van der Waals surface area contributed by atoms with Gasteiger partial charge in [-0.15, -0.1) is 0 Å². The Kier molecular flexibility index (Phi) is 2.96. The molecule has 16 heavy (non-hydrogen) atoms. The van der Waals surface area contributed by atoms with Crippen molar-refractivity contribution in [3.63, 3.8) is 0 Å². The Morgan fingerprint density at radius 2 is 2.38 bits per heavy atom. The largest absolute Gasteiger partial charge is 0.409 e. The molecule has 0 radical (unpaired) electrons. The van der Waals surface area contributed by atoms with Crippen LogP contribution in [-0.2, 0) is 0 Å². The highest BCUT2D eigenvalue weighted by molar-refractivity contribution is 7.99. The van der Waals surface area contributed by atoms with Crippen molar-refractivity contribution < 1.29 is 5.21 Å². The molecule has 8 nitrogen and oxygen atoms in total. The number of nitrogens with one attached hydrogen (secondary N) is 1. The van der Waals surface area contributed by atoms with Crippen LogP contribution < -0.4 is 5.73 Å². The second-order valence-electron chi connectivity index (χ2n) is 2.60. The van der Waals surface area contributed by atoms with Crippen LogP contribution in [0.25, 0.3) is 0 Å². The summed E-state index contributed by atoms with van der Waals surface area (Å²) in [6, 6.07) is 1.54. The molecule has 2 rings (SSSR count). The van der Waals surface area contributed by atoms with E-state index in [0.717, 1.165) is 0 Å². The third-order valence-corrected chi connectivity index (χ3v) is 2.35. The lowest BCUT2D eigenvalue weighted by molar-refractivity contribution is 0.318. The monoisotopic (exact) mass is 237 g/mol. The van der Waals surface area contributed by atoms with E-state index in [4.69, 9.17) is 10.9 Å². The Hall–Kier alpha value is -2.16. The van der Waals surface area contributed by atoms with E-state index in [1.54, 1.807) is 6.07 Å². The number of nitrogens with two attached hydrogens (primary N) is 1. The Balaban J connectivity index is 2.23. The molecule has 0 saturated heterocycles. The molecule has 0 amide bonds. The van der Waals surface area contributed by atoms with Crippen LogP contribution in [0.1, 0.15) is 5.69 Å². The van der Waals surface area contributed by atoms with Crippen LogP contribution in [0.2, 0.25) is 0 Å². The lowest BCUT2D eigenvalue weighted by Gasteiger charge is -1.99. The molecule has 9 heteroatoms. The molecule has 0 spiro atoms. The zero-order valence-corrected chi connectivity index (χ0v) is 8.72. The van der Waals surface area contributed by atoms with Crippen molar-refractivity contribution in [2.45, 2.75) is 10.3 Å². The Bertz CT molecular complexity index is 497. The molecule has 0 atom stereocenters. The molecule has 2 aromatic heterocycles. The lowest BCUT2D eigenvalue weighted by Crippen LogP contribution is -2.15. The fraction of sp³-hybridized carbons (Fsp3) is 0. The van der Waals surface area contributed by atoms with E-state index in [0.29, 0.717) is 16.0 Å². The van der Waals surface area contributed by atoms with E-state index < -0.39 is 0 Å². The maximum Gasteiger partial charge on any atom is 0.196 e. The molecule has 0 bridgehead atoms. The minimum atomic E-state index is -0.0678. The molecule has 0 unspecified atom stereocenters. The summed E-state index contributed by atoms with van der Waals surface area (Å²) in [5.74, 6) is -0.0678. The molecule has 0 aliphatic heterocycles. The van der Waals surface area contributed by atoms with Gasteiger partial charge in [-0.3, -0.25) is 5.10 Å². The Morgan fingerprint density at radius 1 is 1.50 bits per heavy atom. The maximum absolute atomic E-state index is 8.50. The van der Waals surface area contributed by atoms with Crippen LogP contribution in [-0.4, -0.2) is 36.2 Å². The molecular weight excluding hydrogens is 230 g/mol. The summed E-state index contributed by atoms with van der Waals surface area (Å²) in [7, 11) is 0. The second kappa shape index (κ2) is 4.57. The van der Waals surface area contributed by atoms with Crippen LogP contribution in [0.5, 0.6) is 0 Å². The number of amidine groups is 1. The lowest BCUT2D eigenvalue weighted by atomic mass is 10.4. The highest BCUT2D eigenvalue weighted by Gasteiger charge is 2.06. The first kappa shape index (κ1) is 10.4. The number of oxime groups is 1. The molecule has 0 fully saturated rings. The maximum atomic E-state index is 8.50. The summed E-state index contributed by atoms with van der Waals surface area (Å²) in [4.78, 5) is 12.0. The van der Waals surface area contributed by atoms with Crippen molar-refractivity contribution in [2.75, 3.05) is 0 Å². The van der Waals surface area contributed by atoms with Crippen molar-refractivity contribution in [1.82, 2.24) is 25.1 Å². The van der Waals surface area contributed by atoms with Gasteiger partial charge in [-0.05, 0) is 17.8 Å². The number of aromatic amines is 1. The molecule has 4 N–H and O–H groups in total. The van der Waals surface area contributed by atoms with Crippen molar-refractivity contribution in [2.24, 2.45) is 10.9 Å². The van der Waals surface area contributed by atoms with E-state index >= 15 is 0 Å². The van der Waals surface area contributed by atoms with Gasteiger partial charge in [-0.25, -0.2) is 15.0 Å². The number of H-pyrrole nitrogens is 1. The molecular formula is C7H7N7OS. The summed E-state index contributed by atoms with van der Waals surface area (Å²) < 4.78 is 0. The summed E-state index contributed by atoms with van der Waals surface area (Å²) in [6.45, 7) is 0. The zero-order chi connectivity index (χ0) is 11.4. The zero-order valence-electron chi connectivity index (χ0n) is 7.90. The third-order valence-electron chi connectivity index (χ3n) is 1.58. The average Bonchev–Trinajstić information content (AvgIpc) is 2.81. The summed E-state index contributed by atoms with van der Waals surface area (Å²) >= 11 is 1.19. The molecule has 2 aromatic rings. The fourth-order valence-electron chi connectivity index (χ4n) is 0.914. The van der Waals surface area contributed by atoms with Gasteiger partial charge < -0.3 is 10.9 Å². The quantitative estimate of drug-likeness (QED) is 0.222. The number of aromatic nitrogens is 5. The van der Waals surface area contributed by atoms with Gasteiger partial charge in [0.05, 0.1) is 0 Å². The summed E-state index contributed by atoms with van der Waals surface area (Å²) in [5, 5.41) is 18.7. The van der Waals surface area contributed by atoms with Crippen LogP contribution >= 0.6 is 11.8 Å². The fourth-order valence-corrected chi connectivity index (χ4v) is 1.54. The van der Waals surface area contributed by atoms with Gasteiger partial charge in [0, 0.05) is 6.20 Å². The second-order valence-corrected chi connectivity index (χ2v) is 3.56. The topological polar surface area (TPSA) is 126 Å². The van der Waals surface area contributed by atoms with Gasteiger partial charge in [0.2, 0.25) is 0 Å². The van der Waals surface area contributed by atoms with Gasteiger partial charge in [-0.2, -0.15) is 5.10 Å². The first-order chi connectivity index (χ1) is 7.79. The summed E-state index contributed by atoms with van der Waals surface area (Å²) in [6.07, 6.45) is 2.90. The normalized spacial score (nSPS) is 11.6. The van der Waals surface area contributed by atoms with Crippen molar-refractivity contribution in [1.29, 1.82) is 0 Å². The van der Waals surface area contributed by atoms with E-state index in [1.807, 2.05) is 0 Å². The highest BCUT2D eigenvalue weighted by atomic mass is 32.2. The smallest absolute Gasteiger partial charge is 0.196 e. The molecule has 0 aromatic carbocycles. The van der Waals surface area contributed by atoms with E-state index in [2.05, 4.69) is 30.3 Å². The number of nitrogens with zero attached hydrogens (tertiary/aromatic N) is 5. The summed E-state index contributed by atoms with van der Waals surface area (Å²) in [5.41, 5.74) is 5.75. The van der Waals surface area contributed by atoms with Crippen molar-refractivity contribution in [3.05, 3.63) is 24.3 Å². The third kappa shape index (κ3) is 2.25. The molecule has 2 heterocycles. The van der Waals surface area contributed by atoms with Gasteiger partial charge in [0.15, 0.2) is 16.1 Å². The SMILES string of the molecule is N/C(=N/O)c1ccnc(Sc2ncn[nH]2)n1. The van der Waals surface area contributed by atoms with Crippen LogP contribution in [0.3, 0.4) is 0 Å². The van der Waals surface area contributed by atoms with Gasteiger partial charge in [0.25, 0.3) is 0 Å². The van der Waals surface area contributed by atoms with E-state index in [-0.39, 0.29) is 5.84 Å². The number of hydrogen-bond acceptors (Lipinski definition) is 7. The van der Waals surface area contributed by atoms with Crippen LogP contribution in [0.15, 0.2) is 34.1 Å². The Labute approximate surface area is 94.0 Å². The first-order valence-electron chi connectivity index (χ1n) is 4.14. The molecule has 82 valence electrons. The Morgan fingerprint density at radius 3 is 3.06 bits per heavy atom. The van der Waals surface area contributed by atoms with Crippen molar-refractivity contribution >= 4 is 17.6 Å². The van der Waals surface area contributed by atoms with Crippen LogP contribution in [0.4, 0.5) is 0 Å². The predicted octanol–water partition coefficient (Wildman–Crippen LogP) is -0.160. The predicted molar refractivity (Wildman–Crippen MR) is 55.0 cm³/mol. The average molecular weight is 237 g/mol. The number of hydrogen-bond donors (Lipinski definition) is 3. The standard InChI is InChI=1S/C7H7N7OS/c8-5(14-15)4-1-2-9-6(12-4)16-7-10-3-11-13-7/h1-3,15H,(H2,8,14)(H,10,11,13). The highest BCUT2D eigenvalue weighted by Crippen LogP contribution is 2.19. The van der Waals surface area contributed by atoms with E-state index in [9.17, 15) is 0 Å². The molecule has 0 saturated carbocycles. The van der Waals surface area contributed by atoms with E-state index in [1.165, 1.54) is 24.3 Å². The number of rotatable bonds is 3. The van der Waals surface area contributed by atoms with Crippen molar-refractivity contribution in [3.8, 4) is 0 Å². The van der Waals surface area contributed by atoms with Gasteiger partial charge in [-0.1, -0.05) is 5.16 Å².